The van der Waals surface area contributed by atoms with Crippen LogP contribution in [-0.2, 0) is 4.79 Å². The zero-order chi connectivity index (χ0) is 13.7. The van der Waals surface area contributed by atoms with Gasteiger partial charge < -0.3 is 17.1 Å². The number of aromatic nitrogens is 1. The van der Waals surface area contributed by atoms with Crippen molar-refractivity contribution in [1.82, 2.24) is 0 Å². The number of halogens is 1. The second-order valence-electron chi connectivity index (χ2n) is 7.29. The molecule has 4 saturated carbocycles. The Morgan fingerprint density at radius 3 is 2.19 bits per heavy atom. The Morgan fingerprint density at radius 1 is 1.14 bits per heavy atom. The maximum atomic E-state index is 12.7. The lowest BCUT2D eigenvalue weighted by atomic mass is 9.49. The highest BCUT2D eigenvalue weighted by atomic mass is 35.5. The maximum Gasteiger partial charge on any atom is 0.317 e. The van der Waals surface area contributed by atoms with Gasteiger partial charge in [0.1, 0.15) is 0 Å². The van der Waals surface area contributed by atoms with Crippen LogP contribution in [0.2, 0.25) is 0 Å². The van der Waals surface area contributed by atoms with Crippen molar-refractivity contribution < 1.29 is 26.9 Å². The van der Waals surface area contributed by atoms with Crippen LogP contribution in [0.1, 0.15) is 44.2 Å². The highest BCUT2D eigenvalue weighted by Gasteiger charge is 2.55. The van der Waals surface area contributed by atoms with Crippen molar-refractivity contribution in [3.05, 3.63) is 24.0 Å². The van der Waals surface area contributed by atoms with Crippen LogP contribution < -0.4 is 22.1 Å². The van der Waals surface area contributed by atoms with Crippen LogP contribution in [0, 0.1) is 30.1 Å². The first-order valence-electron chi connectivity index (χ1n) is 7.84. The van der Waals surface area contributed by atoms with E-state index in [-0.39, 0.29) is 23.8 Å². The van der Waals surface area contributed by atoms with E-state index in [0.717, 1.165) is 42.7 Å². The van der Waals surface area contributed by atoms with E-state index in [1.807, 2.05) is 19.1 Å². The summed E-state index contributed by atoms with van der Waals surface area (Å²) in [5, 5.41) is 0. The molecule has 0 aliphatic heterocycles. The molecule has 1 N–H and O–H groups in total. The topological polar surface area (TPSA) is 40.4 Å². The van der Waals surface area contributed by atoms with Crippen LogP contribution in [-0.4, -0.2) is 5.97 Å². The molecule has 4 aliphatic carbocycles. The van der Waals surface area contributed by atoms with E-state index >= 15 is 0 Å². The molecule has 1 aromatic heterocycles. The molecule has 1 aromatic rings. The second kappa shape index (κ2) is 5.28. The van der Waals surface area contributed by atoms with Gasteiger partial charge in [0.2, 0.25) is 6.20 Å². The van der Waals surface area contributed by atoms with E-state index in [1.54, 1.807) is 6.20 Å². The zero-order valence-corrected chi connectivity index (χ0v) is 13.2. The molecule has 4 bridgehead atoms. The molecule has 5 rings (SSSR count). The lowest BCUT2D eigenvalue weighted by Gasteiger charge is -2.55. The fourth-order valence-electron chi connectivity index (χ4n) is 5.13. The molecule has 0 spiro atoms. The van der Waals surface area contributed by atoms with Gasteiger partial charge in [-0.05, 0) is 62.3 Å². The number of aryl methyl sites for hydroxylation is 1. The number of hydrogen-bond donors (Lipinski definition) is 0. The minimum atomic E-state index is -0.167. The summed E-state index contributed by atoms with van der Waals surface area (Å²) in [5.74, 6) is 3.00. The molecule has 21 heavy (non-hydrogen) atoms. The van der Waals surface area contributed by atoms with Crippen molar-refractivity contribution in [2.75, 3.05) is 0 Å². The van der Waals surface area contributed by atoms with Crippen LogP contribution in [0.4, 0.5) is 0 Å². The molecule has 4 aliphatic rings. The van der Waals surface area contributed by atoms with Crippen LogP contribution in [0.5, 0.6) is 5.75 Å². The molecule has 114 valence electrons. The number of pyridine rings is 1. The number of aromatic amines is 1. The van der Waals surface area contributed by atoms with Crippen molar-refractivity contribution >= 4 is 5.97 Å². The summed E-state index contributed by atoms with van der Waals surface area (Å²) in [5.41, 5.74) is 0.902. The van der Waals surface area contributed by atoms with Gasteiger partial charge in [-0.3, -0.25) is 4.79 Å². The Hall–Kier alpha value is -1.09. The van der Waals surface area contributed by atoms with Crippen LogP contribution in [0.15, 0.2) is 18.3 Å². The molecule has 0 atom stereocenters. The van der Waals surface area contributed by atoms with E-state index in [1.165, 1.54) is 19.3 Å². The van der Waals surface area contributed by atoms with Crippen LogP contribution in [0.25, 0.3) is 0 Å². The highest BCUT2D eigenvalue weighted by molar-refractivity contribution is 5.79. The Labute approximate surface area is 131 Å². The molecule has 0 amide bonds. The molecule has 4 heteroatoms. The lowest BCUT2D eigenvalue weighted by Crippen LogP contribution is -3.00. The predicted octanol–water partition coefficient (Wildman–Crippen LogP) is -0.0651. The van der Waals surface area contributed by atoms with Gasteiger partial charge >= 0.3 is 5.97 Å². The van der Waals surface area contributed by atoms with E-state index in [0.29, 0.717) is 5.75 Å². The van der Waals surface area contributed by atoms with Crippen molar-refractivity contribution in [3.8, 4) is 5.75 Å². The van der Waals surface area contributed by atoms with Crippen molar-refractivity contribution in [2.24, 2.45) is 23.2 Å². The number of esters is 1. The van der Waals surface area contributed by atoms with Gasteiger partial charge in [0.15, 0.2) is 11.4 Å². The number of carbonyl (C=O) groups excluding carboxylic acids is 1. The number of rotatable bonds is 2. The van der Waals surface area contributed by atoms with Crippen LogP contribution >= 0.6 is 0 Å². The summed E-state index contributed by atoms with van der Waals surface area (Å²) in [6, 6.07) is 3.83. The Bertz CT molecular complexity index is 505. The van der Waals surface area contributed by atoms with Gasteiger partial charge in [-0.25, -0.2) is 4.98 Å². The molecule has 3 nitrogen and oxygen atoms in total. The quantitative estimate of drug-likeness (QED) is 0.718. The van der Waals surface area contributed by atoms with Crippen molar-refractivity contribution in [1.29, 1.82) is 0 Å². The average Bonchev–Trinajstić information content (AvgIpc) is 2.40. The molecule has 4 fully saturated rings. The number of hydrogen-bond acceptors (Lipinski definition) is 2. The lowest BCUT2D eigenvalue weighted by molar-refractivity contribution is -0.388. The summed E-state index contributed by atoms with van der Waals surface area (Å²) < 4.78 is 5.68. The first-order chi connectivity index (χ1) is 9.63. The monoisotopic (exact) mass is 307 g/mol. The molecule has 0 saturated heterocycles. The molecular formula is C17H22ClNO2. The number of nitrogens with one attached hydrogen (secondary N) is 1. The van der Waals surface area contributed by atoms with E-state index in [2.05, 4.69) is 4.98 Å². The Balaban J connectivity index is 0.00000132. The summed E-state index contributed by atoms with van der Waals surface area (Å²) in [7, 11) is 0. The normalized spacial score (nSPS) is 36.1. The van der Waals surface area contributed by atoms with E-state index in [9.17, 15) is 4.79 Å². The van der Waals surface area contributed by atoms with Gasteiger partial charge in [0.05, 0.1) is 5.41 Å². The van der Waals surface area contributed by atoms with Gasteiger partial charge in [-0.2, -0.15) is 0 Å². The number of carbonyl (C=O) groups is 1. The zero-order valence-electron chi connectivity index (χ0n) is 12.4. The second-order valence-corrected chi connectivity index (χ2v) is 7.29. The van der Waals surface area contributed by atoms with Gasteiger partial charge in [0, 0.05) is 13.0 Å². The SMILES string of the molecule is Cc1ccc(OC(=O)C23CC4CC(CC(C4)C2)C3)c[nH+]1.[Cl-]. The van der Waals surface area contributed by atoms with Crippen LogP contribution in [0.3, 0.4) is 0 Å². The first-order valence-corrected chi connectivity index (χ1v) is 7.84. The fourth-order valence-corrected chi connectivity index (χ4v) is 5.13. The van der Waals surface area contributed by atoms with Gasteiger partial charge in [0.25, 0.3) is 0 Å². The first kappa shape index (κ1) is 14.8. The third kappa shape index (κ3) is 2.57. The smallest absolute Gasteiger partial charge is 0.317 e. The molecule has 0 aromatic carbocycles. The Morgan fingerprint density at radius 2 is 1.71 bits per heavy atom. The van der Waals surface area contributed by atoms with Gasteiger partial charge in [-0.15, -0.1) is 0 Å². The summed E-state index contributed by atoms with van der Waals surface area (Å²) in [6.45, 7) is 1.99. The maximum absolute atomic E-state index is 12.7. The average molecular weight is 308 g/mol. The Kier molecular flexibility index (Phi) is 3.73. The van der Waals surface area contributed by atoms with Crippen molar-refractivity contribution in [2.45, 2.75) is 45.4 Å². The molecule has 0 unspecified atom stereocenters. The van der Waals surface area contributed by atoms with Gasteiger partial charge in [-0.1, -0.05) is 0 Å². The predicted molar refractivity (Wildman–Crippen MR) is 74.0 cm³/mol. The fraction of sp³-hybridized carbons (Fsp3) is 0.647. The third-order valence-corrected chi connectivity index (χ3v) is 5.62. The third-order valence-electron chi connectivity index (χ3n) is 5.62. The summed E-state index contributed by atoms with van der Waals surface area (Å²) in [6.07, 6.45) is 9.03. The van der Waals surface area contributed by atoms with E-state index in [4.69, 9.17) is 4.74 Å². The minimum Gasteiger partial charge on any atom is -1.00 e. The molecule has 0 radical (unpaired) electrons. The minimum absolute atomic E-state index is 0. The van der Waals surface area contributed by atoms with E-state index < -0.39 is 0 Å². The number of ether oxygens (including phenoxy) is 1. The largest absolute Gasteiger partial charge is 1.00 e. The highest BCUT2D eigenvalue weighted by Crippen LogP contribution is 2.60. The summed E-state index contributed by atoms with van der Waals surface area (Å²) >= 11 is 0. The van der Waals surface area contributed by atoms with Crippen molar-refractivity contribution in [3.63, 3.8) is 0 Å². The molecule has 1 heterocycles. The summed E-state index contributed by atoms with van der Waals surface area (Å²) in [4.78, 5) is 15.8. The molecular weight excluding hydrogens is 286 g/mol. The number of H-pyrrole nitrogens is 1. The standard InChI is InChI=1S/C17H21NO2.ClH/c1-11-2-3-15(10-18-11)20-16(19)17-7-12-4-13(8-17)6-14(5-12)9-17;/h2-3,10,12-14H,4-9H2,1H3;1H.